The van der Waals surface area contributed by atoms with E-state index in [-0.39, 0.29) is 23.9 Å². The minimum atomic E-state index is -5.17. The second-order valence-electron chi connectivity index (χ2n) is 8.99. The van der Waals surface area contributed by atoms with Gasteiger partial charge < -0.3 is 28.7 Å². The first kappa shape index (κ1) is 33.8. The summed E-state index contributed by atoms with van der Waals surface area (Å²) in [5.74, 6) is -0.166. The van der Waals surface area contributed by atoms with Gasteiger partial charge in [-0.2, -0.15) is 0 Å². The number of hydrogen-bond acceptors (Lipinski definition) is 6. The van der Waals surface area contributed by atoms with Gasteiger partial charge in [-0.15, -0.1) is 0 Å². The topological polar surface area (TPSA) is 138 Å². The van der Waals surface area contributed by atoms with Crippen LogP contribution in [-0.2, 0) is 20.0 Å². The van der Waals surface area contributed by atoms with Crippen molar-refractivity contribution in [3.8, 4) is 0 Å². The van der Waals surface area contributed by atoms with E-state index in [9.17, 15) is 9.59 Å². The van der Waals surface area contributed by atoms with Crippen molar-refractivity contribution in [3.05, 3.63) is 25.3 Å². The Labute approximate surface area is 188 Å². The Hall–Kier alpha value is -1.79. The van der Waals surface area contributed by atoms with E-state index in [1.807, 2.05) is 0 Å². The standard InChI is InChI=1S/2C10H20N2O.H2O4S/c2*1-6-9(8-12(3,4)5)11-10(13)7-2;1-5(2,3)4/h2*7,9H,2,6,8H2,1,3-5H3;(H2,1,2,3,4). The smallest absolute Gasteiger partial charge is 0.243 e. The van der Waals surface area contributed by atoms with Crippen LogP contribution >= 0.6 is 0 Å². The van der Waals surface area contributed by atoms with E-state index in [2.05, 4.69) is 79.9 Å². The first-order valence-electron chi connectivity index (χ1n) is 9.91. The molecule has 2 amide bonds. The molecular weight excluding hydrogens is 424 g/mol. The number of carbonyl (C=O) groups excluding carboxylic acids is 2. The fourth-order valence-electron chi connectivity index (χ4n) is 2.40. The molecule has 0 bridgehead atoms. The van der Waals surface area contributed by atoms with Crippen LogP contribution < -0.4 is 10.6 Å². The normalized spacial score (nSPS) is 13.2. The molecule has 10 nitrogen and oxygen atoms in total. The van der Waals surface area contributed by atoms with Gasteiger partial charge in [-0.3, -0.25) is 18.0 Å². The van der Waals surface area contributed by atoms with Gasteiger partial charge in [0.15, 0.2) is 0 Å². The highest BCUT2D eigenvalue weighted by Gasteiger charge is 2.17. The average molecular weight is 467 g/mol. The summed E-state index contributed by atoms with van der Waals surface area (Å²) in [6.07, 6.45) is 4.54. The predicted molar refractivity (Wildman–Crippen MR) is 121 cm³/mol. The minimum Gasteiger partial charge on any atom is -0.759 e. The molecule has 0 spiro atoms. The molecule has 0 aromatic rings. The molecule has 2 N–H and O–H groups in total. The minimum absolute atomic E-state index is 0.0831. The third kappa shape index (κ3) is 33.1. The lowest BCUT2D eigenvalue weighted by molar-refractivity contribution is -0.871. The average Bonchev–Trinajstić information content (AvgIpc) is 2.56. The van der Waals surface area contributed by atoms with Gasteiger partial charge in [0.1, 0.15) is 0 Å². The van der Waals surface area contributed by atoms with Gasteiger partial charge in [-0.1, -0.05) is 27.0 Å². The van der Waals surface area contributed by atoms with Gasteiger partial charge in [-0.05, 0) is 25.0 Å². The molecule has 0 aromatic carbocycles. The van der Waals surface area contributed by atoms with Crippen molar-refractivity contribution in [3.63, 3.8) is 0 Å². The number of likely N-dealkylation sites (N-methyl/N-ethyl adjacent to an activating group) is 2. The zero-order valence-corrected chi connectivity index (χ0v) is 21.1. The van der Waals surface area contributed by atoms with Crippen LogP contribution in [0.25, 0.3) is 0 Å². The maximum Gasteiger partial charge on any atom is 0.243 e. The Morgan fingerprint density at radius 3 is 1.16 bits per heavy atom. The SMILES string of the molecule is C=CC(=O)NC(CC)C[N+](C)(C)C.C=CC(=O)NC(CC)C[N+](C)(C)C.O=S(=O)([O-])[O-]. The van der Waals surface area contributed by atoms with Crippen molar-refractivity contribution in [2.45, 2.75) is 38.8 Å². The van der Waals surface area contributed by atoms with E-state index in [0.29, 0.717) is 0 Å². The van der Waals surface area contributed by atoms with E-state index in [1.165, 1.54) is 12.2 Å². The molecule has 0 aliphatic rings. The van der Waals surface area contributed by atoms with E-state index in [0.717, 1.165) is 34.9 Å². The Bertz CT molecular complexity index is 602. The quantitative estimate of drug-likeness (QED) is 0.204. The lowest BCUT2D eigenvalue weighted by atomic mass is 10.2. The van der Waals surface area contributed by atoms with Crippen LogP contribution in [0.15, 0.2) is 25.3 Å². The van der Waals surface area contributed by atoms with Crippen molar-refractivity contribution in [2.75, 3.05) is 55.4 Å². The fourth-order valence-corrected chi connectivity index (χ4v) is 2.40. The number of rotatable bonds is 10. The number of hydrogen-bond donors (Lipinski definition) is 2. The summed E-state index contributed by atoms with van der Waals surface area (Å²) in [6, 6.07) is 0.482. The summed E-state index contributed by atoms with van der Waals surface area (Å²) >= 11 is 0. The van der Waals surface area contributed by atoms with E-state index in [1.54, 1.807) is 0 Å². The van der Waals surface area contributed by atoms with Gasteiger partial charge in [0.25, 0.3) is 0 Å². The molecule has 0 aliphatic carbocycles. The molecular formula is C20H42N4O6S. The molecule has 11 heteroatoms. The Kier molecular flexibility index (Phi) is 17.4. The van der Waals surface area contributed by atoms with Crippen LogP contribution in [0.5, 0.6) is 0 Å². The summed E-state index contributed by atoms with van der Waals surface area (Å²) in [5, 5.41) is 5.80. The van der Waals surface area contributed by atoms with Crippen LogP contribution in [-0.4, -0.2) is 106 Å². The van der Waals surface area contributed by atoms with Crippen LogP contribution in [0.2, 0.25) is 0 Å². The lowest BCUT2D eigenvalue weighted by Crippen LogP contribution is -2.48. The fraction of sp³-hybridized carbons (Fsp3) is 0.700. The first-order chi connectivity index (χ1) is 13.8. The van der Waals surface area contributed by atoms with E-state index in [4.69, 9.17) is 17.5 Å². The highest BCUT2D eigenvalue weighted by molar-refractivity contribution is 7.79. The molecule has 0 saturated heterocycles. The molecule has 2 unspecified atom stereocenters. The largest absolute Gasteiger partial charge is 0.759 e. The number of nitrogens with one attached hydrogen (secondary N) is 2. The number of amides is 2. The molecule has 0 aliphatic heterocycles. The zero-order chi connectivity index (χ0) is 25.5. The second-order valence-corrected chi connectivity index (χ2v) is 9.81. The monoisotopic (exact) mass is 466 g/mol. The van der Waals surface area contributed by atoms with Crippen LogP contribution in [0, 0.1) is 0 Å². The lowest BCUT2D eigenvalue weighted by Gasteiger charge is -2.28. The van der Waals surface area contributed by atoms with Gasteiger partial charge in [0, 0.05) is 10.4 Å². The van der Waals surface area contributed by atoms with Crippen molar-refractivity contribution < 1.29 is 36.1 Å². The summed E-state index contributed by atoms with van der Waals surface area (Å²) in [4.78, 5) is 22.1. The van der Waals surface area contributed by atoms with E-state index < -0.39 is 10.4 Å². The maximum atomic E-state index is 11.0. The maximum absolute atomic E-state index is 11.0. The van der Waals surface area contributed by atoms with Gasteiger partial charge in [0.05, 0.1) is 67.5 Å². The molecule has 0 fully saturated rings. The third-order valence-electron chi connectivity index (χ3n) is 3.59. The van der Waals surface area contributed by atoms with Gasteiger partial charge in [0.2, 0.25) is 11.8 Å². The molecule has 0 saturated carbocycles. The summed E-state index contributed by atoms with van der Waals surface area (Å²) in [5.41, 5.74) is 0. The molecule has 0 rings (SSSR count). The Morgan fingerprint density at radius 1 is 0.806 bits per heavy atom. The van der Waals surface area contributed by atoms with Crippen molar-refractivity contribution in [1.29, 1.82) is 0 Å². The van der Waals surface area contributed by atoms with Crippen molar-refractivity contribution >= 4 is 22.2 Å². The number of carbonyl (C=O) groups is 2. The molecule has 31 heavy (non-hydrogen) atoms. The highest BCUT2D eigenvalue weighted by atomic mass is 32.3. The zero-order valence-electron chi connectivity index (χ0n) is 20.3. The molecule has 2 atom stereocenters. The Morgan fingerprint density at radius 2 is 1.03 bits per heavy atom. The Balaban J connectivity index is -0.000000416. The van der Waals surface area contributed by atoms with Crippen molar-refractivity contribution in [2.24, 2.45) is 0 Å². The highest BCUT2D eigenvalue weighted by Crippen LogP contribution is 1.99. The number of quaternary nitrogens is 2. The molecule has 0 aromatic heterocycles. The third-order valence-corrected chi connectivity index (χ3v) is 3.59. The molecule has 0 radical (unpaired) electrons. The van der Waals surface area contributed by atoms with Gasteiger partial charge >= 0.3 is 0 Å². The van der Waals surface area contributed by atoms with Crippen LogP contribution in [0.4, 0.5) is 0 Å². The number of nitrogens with zero attached hydrogens (tertiary/aromatic N) is 2. The molecule has 0 heterocycles. The predicted octanol–water partition coefficient (Wildman–Crippen LogP) is 0.209. The van der Waals surface area contributed by atoms with E-state index >= 15 is 0 Å². The second kappa shape index (κ2) is 15.9. The summed E-state index contributed by atoms with van der Waals surface area (Å²) < 4.78 is 35.8. The van der Waals surface area contributed by atoms with Crippen LogP contribution in [0.3, 0.4) is 0 Å². The summed E-state index contributed by atoms with van der Waals surface area (Å²) in [6.45, 7) is 12.9. The first-order valence-corrected chi connectivity index (χ1v) is 11.2. The summed E-state index contributed by atoms with van der Waals surface area (Å²) in [7, 11) is 7.52. The van der Waals surface area contributed by atoms with Crippen molar-refractivity contribution in [1.82, 2.24) is 10.6 Å². The van der Waals surface area contributed by atoms with Crippen LogP contribution in [0.1, 0.15) is 26.7 Å². The van der Waals surface area contributed by atoms with Gasteiger partial charge in [-0.25, -0.2) is 0 Å². The molecule has 184 valence electrons.